The minimum atomic E-state index is -0.543. The quantitative estimate of drug-likeness (QED) is 0.816. The normalized spacial score (nSPS) is 15.7. The molecule has 2 amide bonds. The van der Waals surface area contributed by atoms with Crippen molar-refractivity contribution in [3.8, 4) is 11.5 Å². The van der Waals surface area contributed by atoms with E-state index >= 15 is 0 Å². The number of amides is 2. The van der Waals surface area contributed by atoms with Gasteiger partial charge in [0.25, 0.3) is 5.91 Å². The fraction of sp³-hybridized carbons (Fsp3) is 0.333. The Balaban J connectivity index is 1.49. The minimum absolute atomic E-state index is 0.0760. The zero-order chi connectivity index (χ0) is 19.2. The number of carbonyl (C=O) groups is 2. The Morgan fingerprint density at radius 2 is 1.93 bits per heavy atom. The van der Waals surface area contributed by atoms with Gasteiger partial charge in [0.05, 0.1) is 12.8 Å². The summed E-state index contributed by atoms with van der Waals surface area (Å²) in [6.45, 7) is 2.60. The summed E-state index contributed by atoms with van der Waals surface area (Å²) in [4.78, 5) is 26.2. The van der Waals surface area contributed by atoms with Crippen LogP contribution in [-0.4, -0.2) is 38.1 Å². The molecule has 0 aromatic heterocycles. The number of carbonyl (C=O) groups excluding carboxylic acids is 2. The van der Waals surface area contributed by atoms with Crippen molar-refractivity contribution in [2.45, 2.75) is 25.9 Å². The second kappa shape index (κ2) is 8.58. The predicted octanol–water partition coefficient (Wildman–Crippen LogP) is 2.56. The summed E-state index contributed by atoms with van der Waals surface area (Å²) in [5.74, 6) is 1.28. The summed E-state index contributed by atoms with van der Waals surface area (Å²) in [5, 5.41) is 2.91. The summed E-state index contributed by atoms with van der Waals surface area (Å²) in [7, 11) is 1.63. The molecule has 1 N–H and O–H groups in total. The Morgan fingerprint density at radius 1 is 1.19 bits per heavy atom. The Morgan fingerprint density at radius 3 is 2.67 bits per heavy atom. The van der Waals surface area contributed by atoms with Crippen molar-refractivity contribution in [3.63, 3.8) is 0 Å². The van der Waals surface area contributed by atoms with E-state index in [2.05, 4.69) is 5.32 Å². The van der Waals surface area contributed by atoms with Crippen molar-refractivity contribution < 1.29 is 19.1 Å². The summed E-state index contributed by atoms with van der Waals surface area (Å²) in [5.41, 5.74) is 1.84. The van der Waals surface area contributed by atoms with Crippen LogP contribution in [0, 0.1) is 0 Å². The van der Waals surface area contributed by atoms with Crippen LogP contribution in [0.1, 0.15) is 18.9 Å². The number of anilines is 1. The highest BCUT2D eigenvalue weighted by molar-refractivity contribution is 6.00. The van der Waals surface area contributed by atoms with Gasteiger partial charge in [-0.2, -0.15) is 0 Å². The second-order valence-corrected chi connectivity index (χ2v) is 6.42. The number of hydrogen-bond donors (Lipinski definition) is 1. The summed E-state index contributed by atoms with van der Waals surface area (Å²) in [6, 6.07) is 15.2. The largest absolute Gasteiger partial charge is 0.497 e. The van der Waals surface area contributed by atoms with Gasteiger partial charge in [0, 0.05) is 19.5 Å². The third kappa shape index (κ3) is 4.58. The molecule has 1 aliphatic rings. The third-order valence-corrected chi connectivity index (χ3v) is 4.53. The molecule has 3 rings (SSSR count). The van der Waals surface area contributed by atoms with Gasteiger partial charge in [0.2, 0.25) is 5.91 Å². The lowest BCUT2D eigenvalue weighted by atomic mass is 10.1. The van der Waals surface area contributed by atoms with Crippen molar-refractivity contribution in [1.82, 2.24) is 5.32 Å². The molecule has 142 valence electrons. The highest BCUT2D eigenvalue weighted by atomic mass is 16.5. The molecule has 1 aliphatic heterocycles. The van der Waals surface area contributed by atoms with E-state index in [9.17, 15) is 9.59 Å². The molecule has 1 heterocycles. The smallest absolute Gasteiger partial charge is 0.267 e. The van der Waals surface area contributed by atoms with Crippen LogP contribution in [0.3, 0.4) is 0 Å². The molecule has 1 atom stereocenters. The standard InChI is InChI=1S/C21H24N2O4/c1-15-21(25)23(18-5-3-4-6-19(18)27-15)14-12-20(24)22-13-11-16-7-9-17(26-2)10-8-16/h3-10,15H,11-14H2,1-2H3,(H,22,24). The second-order valence-electron chi connectivity index (χ2n) is 6.42. The Hall–Kier alpha value is -3.02. The van der Waals surface area contributed by atoms with Gasteiger partial charge in [-0.15, -0.1) is 0 Å². The van der Waals surface area contributed by atoms with Crippen LogP contribution in [0.5, 0.6) is 11.5 Å². The lowest BCUT2D eigenvalue weighted by Crippen LogP contribution is -2.45. The predicted molar refractivity (Wildman–Crippen MR) is 103 cm³/mol. The number of hydrogen-bond acceptors (Lipinski definition) is 4. The highest BCUT2D eigenvalue weighted by Gasteiger charge is 2.31. The molecule has 0 bridgehead atoms. The highest BCUT2D eigenvalue weighted by Crippen LogP contribution is 2.33. The number of fused-ring (bicyclic) bond motifs is 1. The molecule has 0 spiro atoms. The van der Waals surface area contributed by atoms with E-state index in [1.807, 2.05) is 48.5 Å². The first-order chi connectivity index (χ1) is 13.1. The van der Waals surface area contributed by atoms with E-state index in [1.54, 1.807) is 18.9 Å². The van der Waals surface area contributed by atoms with Crippen LogP contribution in [0.25, 0.3) is 0 Å². The van der Waals surface area contributed by atoms with Crippen molar-refractivity contribution in [1.29, 1.82) is 0 Å². The molecular formula is C21H24N2O4. The van der Waals surface area contributed by atoms with Crippen LogP contribution in [0.2, 0.25) is 0 Å². The minimum Gasteiger partial charge on any atom is -0.497 e. The van der Waals surface area contributed by atoms with Crippen LogP contribution in [0.15, 0.2) is 48.5 Å². The van der Waals surface area contributed by atoms with Crippen molar-refractivity contribution in [3.05, 3.63) is 54.1 Å². The van der Waals surface area contributed by atoms with Gasteiger partial charge in [-0.05, 0) is 43.2 Å². The van der Waals surface area contributed by atoms with Gasteiger partial charge in [-0.1, -0.05) is 24.3 Å². The van der Waals surface area contributed by atoms with E-state index in [-0.39, 0.29) is 18.2 Å². The zero-order valence-corrected chi connectivity index (χ0v) is 15.6. The molecule has 6 nitrogen and oxygen atoms in total. The van der Waals surface area contributed by atoms with Gasteiger partial charge < -0.3 is 19.7 Å². The number of methoxy groups -OCH3 is 1. The lowest BCUT2D eigenvalue weighted by Gasteiger charge is -2.32. The number of rotatable bonds is 7. The SMILES string of the molecule is COc1ccc(CCNC(=O)CCN2C(=O)C(C)Oc3ccccc32)cc1. The first-order valence-electron chi connectivity index (χ1n) is 9.05. The average Bonchev–Trinajstić information content (AvgIpc) is 2.69. The number of para-hydroxylation sites is 2. The Kier molecular flexibility index (Phi) is 5.96. The van der Waals surface area contributed by atoms with Gasteiger partial charge in [0.1, 0.15) is 11.5 Å². The van der Waals surface area contributed by atoms with Gasteiger partial charge in [-0.25, -0.2) is 0 Å². The maximum atomic E-state index is 12.4. The molecule has 0 saturated heterocycles. The molecule has 2 aromatic rings. The van der Waals surface area contributed by atoms with E-state index in [1.165, 1.54) is 0 Å². The lowest BCUT2D eigenvalue weighted by molar-refractivity contribution is -0.125. The third-order valence-electron chi connectivity index (χ3n) is 4.53. The molecule has 6 heteroatoms. The van der Waals surface area contributed by atoms with E-state index < -0.39 is 6.10 Å². The summed E-state index contributed by atoms with van der Waals surface area (Å²) < 4.78 is 10.7. The molecule has 0 saturated carbocycles. The molecule has 0 aliphatic carbocycles. The fourth-order valence-electron chi connectivity index (χ4n) is 3.03. The maximum Gasteiger partial charge on any atom is 0.267 e. The summed E-state index contributed by atoms with van der Waals surface area (Å²) >= 11 is 0. The Bertz CT molecular complexity index is 804. The van der Waals surface area contributed by atoms with Crippen molar-refractivity contribution in [2.75, 3.05) is 25.1 Å². The first-order valence-corrected chi connectivity index (χ1v) is 9.05. The molecule has 1 unspecified atom stereocenters. The number of nitrogens with zero attached hydrogens (tertiary/aromatic N) is 1. The van der Waals surface area contributed by atoms with Crippen LogP contribution in [0.4, 0.5) is 5.69 Å². The molecule has 2 aromatic carbocycles. The summed E-state index contributed by atoms with van der Waals surface area (Å²) in [6.07, 6.45) is 0.444. The van der Waals surface area contributed by atoms with E-state index in [0.717, 1.165) is 17.7 Å². The van der Waals surface area contributed by atoms with Crippen molar-refractivity contribution in [2.24, 2.45) is 0 Å². The molecular weight excluding hydrogens is 344 g/mol. The molecule has 0 fully saturated rings. The van der Waals surface area contributed by atoms with Gasteiger partial charge in [-0.3, -0.25) is 9.59 Å². The molecule has 27 heavy (non-hydrogen) atoms. The maximum absolute atomic E-state index is 12.4. The zero-order valence-electron chi connectivity index (χ0n) is 15.6. The molecule has 0 radical (unpaired) electrons. The number of ether oxygens (including phenoxy) is 2. The van der Waals surface area contributed by atoms with Crippen molar-refractivity contribution >= 4 is 17.5 Å². The van der Waals surface area contributed by atoms with E-state index in [0.29, 0.717) is 24.5 Å². The van der Waals surface area contributed by atoms with Crippen LogP contribution in [-0.2, 0) is 16.0 Å². The van der Waals surface area contributed by atoms with Gasteiger partial charge in [0.15, 0.2) is 6.10 Å². The monoisotopic (exact) mass is 368 g/mol. The van der Waals surface area contributed by atoms with E-state index in [4.69, 9.17) is 9.47 Å². The fourth-order valence-corrected chi connectivity index (χ4v) is 3.03. The number of benzene rings is 2. The van der Waals surface area contributed by atoms with Crippen LogP contribution >= 0.6 is 0 Å². The average molecular weight is 368 g/mol. The van der Waals surface area contributed by atoms with Crippen LogP contribution < -0.4 is 19.7 Å². The number of nitrogens with one attached hydrogen (secondary N) is 1. The Labute approximate surface area is 159 Å². The first kappa shape index (κ1) is 18.8. The van der Waals surface area contributed by atoms with Gasteiger partial charge >= 0.3 is 0 Å². The topological polar surface area (TPSA) is 67.9 Å².